The number of rotatable bonds is 9. The minimum absolute atomic E-state index is 0.125. The van der Waals surface area contributed by atoms with Crippen LogP contribution in [0.5, 0.6) is 5.75 Å². The van der Waals surface area contributed by atoms with Gasteiger partial charge in [0.1, 0.15) is 12.1 Å². The van der Waals surface area contributed by atoms with E-state index in [9.17, 15) is 18.0 Å². The Morgan fingerprint density at radius 1 is 1.05 bits per heavy atom. The molecule has 0 fully saturated rings. The van der Waals surface area contributed by atoms with Gasteiger partial charge in [-0.2, -0.15) is 0 Å². The molecule has 3 aromatic carbocycles. The Morgan fingerprint density at radius 3 is 2.40 bits per heavy atom. The summed E-state index contributed by atoms with van der Waals surface area (Å²) in [6.45, 7) is 6.32. The molecule has 0 aliphatic carbocycles. The molecule has 1 aromatic heterocycles. The molecular weight excluding hydrogens is 537 g/mol. The molecule has 1 N–H and O–H groups in total. The number of hydrogen-bond donors (Lipinski definition) is 1. The second-order valence-corrected chi connectivity index (χ2v) is 10.2. The van der Waals surface area contributed by atoms with E-state index >= 15 is 0 Å². The zero-order valence-corrected chi connectivity index (χ0v) is 23.1. The normalized spacial score (nSPS) is 11.5. The van der Waals surface area contributed by atoms with E-state index in [2.05, 4.69) is 52.2 Å². The number of thiocarbonyl (C=S) groups is 1. The fraction of sp³-hybridized carbons (Fsp3) is 0.267. The molecule has 0 unspecified atom stereocenters. The third kappa shape index (κ3) is 7.98. The van der Waals surface area contributed by atoms with Crippen molar-refractivity contribution in [3.8, 4) is 22.8 Å². The Hall–Kier alpha value is -4.05. The number of amides is 1. The van der Waals surface area contributed by atoms with Gasteiger partial charge in [0.2, 0.25) is 5.91 Å². The predicted octanol–water partition coefficient (Wildman–Crippen LogP) is 6.88. The van der Waals surface area contributed by atoms with Gasteiger partial charge in [-0.1, -0.05) is 74.1 Å². The van der Waals surface area contributed by atoms with Crippen molar-refractivity contribution in [3.05, 3.63) is 95.3 Å². The van der Waals surface area contributed by atoms with E-state index in [4.69, 9.17) is 12.2 Å². The predicted molar refractivity (Wildman–Crippen MR) is 152 cm³/mol. The molecule has 0 saturated heterocycles. The van der Waals surface area contributed by atoms with Crippen molar-refractivity contribution < 1.29 is 22.7 Å². The first-order valence-corrected chi connectivity index (χ1v) is 13.2. The summed E-state index contributed by atoms with van der Waals surface area (Å²) in [5, 5.41) is 7.27. The van der Waals surface area contributed by atoms with Gasteiger partial charge in [0, 0.05) is 18.4 Å². The van der Waals surface area contributed by atoms with Gasteiger partial charge in [-0.25, -0.2) is 9.67 Å². The fourth-order valence-electron chi connectivity index (χ4n) is 4.28. The van der Waals surface area contributed by atoms with Gasteiger partial charge in [-0.15, -0.1) is 18.3 Å². The highest BCUT2D eigenvalue weighted by Gasteiger charge is 2.31. The number of benzene rings is 3. The summed E-state index contributed by atoms with van der Waals surface area (Å²) in [5.41, 5.74) is 5.81. The summed E-state index contributed by atoms with van der Waals surface area (Å²) in [5.74, 6) is 0.394. The van der Waals surface area contributed by atoms with Crippen molar-refractivity contribution in [3.63, 3.8) is 0 Å². The summed E-state index contributed by atoms with van der Waals surface area (Å²) < 4.78 is 42.5. The van der Waals surface area contributed by atoms with E-state index < -0.39 is 6.36 Å². The van der Waals surface area contributed by atoms with Gasteiger partial charge in [-0.3, -0.25) is 4.79 Å². The maximum atomic E-state index is 12.5. The van der Waals surface area contributed by atoms with Crippen molar-refractivity contribution in [2.24, 2.45) is 0 Å². The first-order chi connectivity index (χ1) is 19.0. The van der Waals surface area contributed by atoms with E-state index in [1.54, 1.807) is 0 Å². The Morgan fingerprint density at radius 2 is 1.75 bits per heavy atom. The number of aryl methyl sites for hydroxylation is 2. The van der Waals surface area contributed by atoms with Gasteiger partial charge in [-0.05, 0) is 60.2 Å². The Kier molecular flexibility index (Phi) is 8.99. The lowest BCUT2D eigenvalue weighted by Gasteiger charge is -2.15. The number of alkyl halides is 3. The van der Waals surface area contributed by atoms with Crippen LogP contribution >= 0.6 is 12.2 Å². The van der Waals surface area contributed by atoms with E-state index in [1.807, 2.05) is 31.2 Å². The average Bonchev–Trinajstić information content (AvgIpc) is 3.37. The van der Waals surface area contributed by atoms with Crippen LogP contribution in [0, 0.1) is 6.92 Å². The highest BCUT2D eigenvalue weighted by Crippen LogP contribution is 2.24. The topological polar surface area (TPSA) is 69.0 Å². The number of nitrogens with zero attached hydrogens (tertiary/aromatic N) is 3. The zero-order chi connectivity index (χ0) is 28.9. The van der Waals surface area contributed by atoms with E-state index in [-0.39, 0.29) is 11.7 Å². The lowest BCUT2D eigenvalue weighted by Crippen LogP contribution is -2.30. The largest absolute Gasteiger partial charge is 0.573 e. The molecule has 6 nitrogen and oxygen atoms in total. The summed E-state index contributed by atoms with van der Waals surface area (Å²) in [4.78, 5) is 17.3. The number of nitrogens with one attached hydrogen (secondary N) is 1. The molecule has 0 bridgehead atoms. The molecule has 208 valence electrons. The summed E-state index contributed by atoms with van der Waals surface area (Å²) in [7, 11) is 0. The van der Waals surface area contributed by atoms with Crippen LogP contribution in [0.25, 0.3) is 17.1 Å². The standard InChI is InChI=1S/C30H29F3N4O2S/c1-19(2)26-14-4-20(3)16-23(26)17-28(40)35-27(38)15-7-21-5-8-22(9-6-21)29-34-18-37(36-29)24-10-12-25(13-11-24)39-30(31,32)33/h4-6,8-14,16,18-19H,7,15,17H2,1-3H3,(H,35,38,40). The Balaban J connectivity index is 1.30. The number of carbonyl (C=O) groups is 1. The molecule has 0 spiro atoms. The Bertz CT molecular complexity index is 1480. The molecule has 0 saturated carbocycles. The fourth-order valence-corrected chi connectivity index (χ4v) is 4.55. The molecule has 1 heterocycles. The van der Waals surface area contributed by atoms with E-state index in [0.29, 0.717) is 41.7 Å². The SMILES string of the molecule is Cc1ccc(C(C)C)c(CC(=S)NC(=O)CCc2ccc(-c3ncn(-c4ccc(OC(F)(F)F)cc4)n3)cc2)c1. The quantitative estimate of drug-likeness (QED) is 0.224. The van der Waals surface area contributed by atoms with Crippen molar-refractivity contribution in [2.45, 2.75) is 52.3 Å². The van der Waals surface area contributed by atoms with E-state index in [1.165, 1.54) is 40.8 Å². The second-order valence-electron chi connectivity index (χ2n) is 9.76. The number of aromatic nitrogens is 3. The Labute approximate surface area is 236 Å². The minimum atomic E-state index is -4.75. The van der Waals surface area contributed by atoms with Crippen LogP contribution in [0.4, 0.5) is 13.2 Å². The van der Waals surface area contributed by atoms with Gasteiger partial charge in [0.25, 0.3) is 0 Å². The monoisotopic (exact) mass is 566 g/mol. The highest BCUT2D eigenvalue weighted by molar-refractivity contribution is 7.80. The van der Waals surface area contributed by atoms with Crippen LogP contribution in [0.3, 0.4) is 0 Å². The minimum Gasteiger partial charge on any atom is -0.406 e. The summed E-state index contributed by atoms with van der Waals surface area (Å²) in [6.07, 6.45) is -1.90. The number of hydrogen-bond acceptors (Lipinski definition) is 5. The first-order valence-electron chi connectivity index (χ1n) is 12.8. The third-order valence-corrected chi connectivity index (χ3v) is 6.48. The molecule has 0 aliphatic heterocycles. The molecular formula is C30H29F3N4O2S. The molecule has 0 atom stereocenters. The van der Waals surface area contributed by atoms with Crippen LogP contribution < -0.4 is 10.1 Å². The van der Waals surface area contributed by atoms with Crippen LogP contribution in [-0.2, 0) is 17.6 Å². The molecule has 40 heavy (non-hydrogen) atoms. The van der Waals surface area contributed by atoms with Crippen molar-refractivity contribution in [2.75, 3.05) is 0 Å². The van der Waals surface area contributed by atoms with Crippen LogP contribution in [0.1, 0.15) is 48.4 Å². The average molecular weight is 567 g/mol. The summed E-state index contributed by atoms with van der Waals surface area (Å²) in [6, 6.07) is 19.2. The van der Waals surface area contributed by atoms with Gasteiger partial charge in [0.15, 0.2) is 5.82 Å². The molecule has 4 aromatic rings. The molecule has 0 radical (unpaired) electrons. The molecule has 1 amide bonds. The first kappa shape index (κ1) is 28.9. The molecule has 4 rings (SSSR count). The maximum absolute atomic E-state index is 12.5. The molecule has 0 aliphatic rings. The van der Waals surface area contributed by atoms with Crippen molar-refractivity contribution >= 4 is 23.1 Å². The van der Waals surface area contributed by atoms with Crippen LogP contribution in [0.2, 0.25) is 0 Å². The lowest BCUT2D eigenvalue weighted by atomic mass is 9.94. The third-order valence-electron chi connectivity index (χ3n) is 6.23. The van der Waals surface area contributed by atoms with E-state index in [0.717, 1.165) is 22.3 Å². The van der Waals surface area contributed by atoms with Crippen LogP contribution in [0.15, 0.2) is 73.1 Å². The highest BCUT2D eigenvalue weighted by atomic mass is 32.1. The van der Waals surface area contributed by atoms with Gasteiger partial charge in [0.05, 0.1) is 10.7 Å². The number of halogens is 3. The zero-order valence-electron chi connectivity index (χ0n) is 22.3. The van der Waals surface area contributed by atoms with Crippen molar-refractivity contribution in [1.29, 1.82) is 0 Å². The maximum Gasteiger partial charge on any atom is 0.573 e. The van der Waals surface area contributed by atoms with Gasteiger partial charge >= 0.3 is 6.36 Å². The summed E-state index contributed by atoms with van der Waals surface area (Å²) >= 11 is 5.47. The van der Waals surface area contributed by atoms with Gasteiger partial charge < -0.3 is 10.1 Å². The number of ether oxygens (including phenoxy) is 1. The second kappa shape index (κ2) is 12.4. The van der Waals surface area contributed by atoms with Crippen molar-refractivity contribution in [1.82, 2.24) is 20.1 Å². The van der Waals surface area contributed by atoms with Crippen LogP contribution in [-0.4, -0.2) is 32.0 Å². The number of carbonyl (C=O) groups excluding carboxylic acids is 1. The lowest BCUT2D eigenvalue weighted by molar-refractivity contribution is -0.274. The smallest absolute Gasteiger partial charge is 0.406 e. The molecule has 10 heteroatoms.